The lowest BCUT2D eigenvalue weighted by Gasteiger charge is -2.12. The Morgan fingerprint density at radius 2 is 2.04 bits per heavy atom. The third-order valence-electron chi connectivity index (χ3n) is 3.36. The molecule has 8 heteroatoms. The van der Waals surface area contributed by atoms with Gasteiger partial charge in [-0.25, -0.2) is 4.79 Å². The average Bonchev–Trinajstić information content (AvgIpc) is 2.98. The Balaban J connectivity index is 1.99. The molecule has 0 radical (unpaired) electrons. The minimum atomic E-state index is -1.56. The summed E-state index contributed by atoms with van der Waals surface area (Å²) in [4.78, 5) is 22.9. The fraction of sp³-hybridized carbons (Fsp3) is 0.250. The SMILES string of the molecule is Cc1ccc(NC(=O)C(C)S(=O)Cc2ccc(C(=O)O)o2)cc1Cl. The third kappa shape index (κ3) is 4.46. The van der Waals surface area contributed by atoms with Gasteiger partial charge in [0.15, 0.2) is 0 Å². The number of hydrogen-bond acceptors (Lipinski definition) is 4. The van der Waals surface area contributed by atoms with Gasteiger partial charge in [0.2, 0.25) is 11.7 Å². The number of carboxylic acid groups (broad SMARTS) is 1. The summed E-state index contributed by atoms with van der Waals surface area (Å²) >= 11 is 6.00. The zero-order chi connectivity index (χ0) is 17.9. The largest absolute Gasteiger partial charge is 0.475 e. The number of hydrogen-bond donors (Lipinski definition) is 2. The van der Waals surface area contributed by atoms with Crippen LogP contribution in [0.2, 0.25) is 5.02 Å². The first-order valence-corrected chi connectivity index (χ1v) is 8.80. The molecule has 0 spiro atoms. The Morgan fingerprint density at radius 1 is 1.33 bits per heavy atom. The Hall–Kier alpha value is -2.12. The molecule has 1 aromatic carbocycles. The van der Waals surface area contributed by atoms with Crippen LogP contribution in [0.25, 0.3) is 0 Å². The van der Waals surface area contributed by atoms with E-state index in [0.717, 1.165) is 5.56 Å². The van der Waals surface area contributed by atoms with E-state index in [0.29, 0.717) is 10.7 Å². The number of halogens is 1. The van der Waals surface area contributed by atoms with Gasteiger partial charge in [0.25, 0.3) is 0 Å². The number of aryl methyl sites for hydroxylation is 1. The molecule has 0 aliphatic heterocycles. The highest BCUT2D eigenvalue weighted by atomic mass is 35.5. The number of amides is 1. The molecule has 2 rings (SSSR count). The van der Waals surface area contributed by atoms with E-state index in [2.05, 4.69) is 5.32 Å². The van der Waals surface area contributed by atoms with Crippen molar-refractivity contribution in [1.29, 1.82) is 0 Å². The highest BCUT2D eigenvalue weighted by Gasteiger charge is 2.22. The molecule has 2 atom stereocenters. The van der Waals surface area contributed by atoms with Gasteiger partial charge in [-0.05, 0) is 43.7 Å². The molecule has 0 aliphatic rings. The van der Waals surface area contributed by atoms with Crippen LogP contribution in [-0.2, 0) is 21.3 Å². The molecule has 1 heterocycles. The number of aromatic carboxylic acids is 1. The summed E-state index contributed by atoms with van der Waals surface area (Å²) in [6.45, 7) is 3.38. The summed E-state index contributed by atoms with van der Waals surface area (Å²) in [5.74, 6) is -1.64. The minimum absolute atomic E-state index is 0.0451. The topological polar surface area (TPSA) is 96.6 Å². The number of carbonyl (C=O) groups excluding carboxylic acids is 1. The number of carbonyl (C=O) groups is 2. The van der Waals surface area contributed by atoms with Crippen LogP contribution in [0.4, 0.5) is 5.69 Å². The van der Waals surface area contributed by atoms with Crippen molar-refractivity contribution in [3.05, 3.63) is 52.4 Å². The number of carboxylic acids is 1. The van der Waals surface area contributed by atoms with Gasteiger partial charge in [-0.2, -0.15) is 0 Å². The zero-order valence-electron chi connectivity index (χ0n) is 13.0. The van der Waals surface area contributed by atoms with E-state index in [1.54, 1.807) is 18.2 Å². The summed E-state index contributed by atoms with van der Waals surface area (Å²) in [6.07, 6.45) is 0. The molecular formula is C16H16ClNO5S. The molecule has 1 aromatic heterocycles. The second-order valence-electron chi connectivity index (χ2n) is 5.19. The summed E-state index contributed by atoms with van der Waals surface area (Å²) in [5.41, 5.74) is 1.41. The molecule has 2 N–H and O–H groups in total. The third-order valence-corrected chi connectivity index (χ3v) is 5.34. The summed E-state index contributed by atoms with van der Waals surface area (Å²) in [6, 6.07) is 7.83. The smallest absolute Gasteiger partial charge is 0.371 e. The van der Waals surface area contributed by atoms with Crippen LogP contribution in [0.15, 0.2) is 34.7 Å². The van der Waals surface area contributed by atoms with Gasteiger partial charge in [0.1, 0.15) is 11.0 Å². The molecule has 2 unspecified atom stereocenters. The fourth-order valence-corrected chi connectivity index (χ4v) is 3.03. The van der Waals surface area contributed by atoms with E-state index < -0.39 is 27.9 Å². The lowest BCUT2D eigenvalue weighted by Crippen LogP contribution is -2.29. The normalized spacial score (nSPS) is 13.3. The summed E-state index contributed by atoms with van der Waals surface area (Å²) < 4.78 is 17.3. The zero-order valence-corrected chi connectivity index (χ0v) is 14.6. The quantitative estimate of drug-likeness (QED) is 0.814. The van der Waals surface area contributed by atoms with Crippen LogP contribution in [0, 0.1) is 6.92 Å². The Labute approximate surface area is 146 Å². The number of nitrogens with one attached hydrogen (secondary N) is 1. The maximum atomic E-state index is 12.3. The van der Waals surface area contributed by atoms with Crippen molar-refractivity contribution >= 4 is 40.0 Å². The summed E-state index contributed by atoms with van der Waals surface area (Å²) in [5, 5.41) is 11.2. The molecule has 24 heavy (non-hydrogen) atoms. The first-order valence-electron chi connectivity index (χ1n) is 7.04. The van der Waals surface area contributed by atoms with Crippen LogP contribution in [0.1, 0.15) is 28.8 Å². The predicted octanol–water partition coefficient (Wildman–Crippen LogP) is 3.22. The lowest BCUT2D eigenvalue weighted by atomic mass is 10.2. The van der Waals surface area contributed by atoms with Crippen LogP contribution in [0.5, 0.6) is 0 Å². The maximum Gasteiger partial charge on any atom is 0.371 e. The minimum Gasteiger partial charge on any atom is -0.475 e. The van der Waals surface area contributed by atoms with E-state index in [9.17, 15) is 13.8 Å². The number of benzene rings is 1. The van der Waals surface area contributed by atoms with E-state index >= 15 is 0 Å². The lowest BCUT2D eigenvalue weighted by molar-refractivity contribution is -0.115. The van der Waals surface area contributed by atoms with E-state index in [4.69, 9.17) is 21.1 Å². The van der Waals surface area contributed by atoms with Crippen molar-refractivity contribution in [1.82, 2.24) is 0 Å². The molecule has 0 saturated heterocycles. The van der Waals surface area contributed by atoms with Crippen molar-refractivity contribution in [2.75, 3.05) is 5.32 Å². The molecule has 0 bridgehead atoms. The molecule has 1 amide bonds. The van der Waals surface area contributed by atoms with Gasteiger partial charge in [0.05, 0.1) is 5.75 Å². The molecule has 0 fully saturated rings. The van der Waals surface area contributed by atoms with Crippen molar-refractivity contribution < 1.29 is 23.3 Å². The van der Waals surface area contributed by atoms with Gasteiger partial charge in [-0.3, -0.25) is 9.00 Å². The van der Waals surface area contributed by atoms with E-state index in [-0.39, 0.29) is 17.3 Å². The van der Waals surface area contributed by atoms with Crippen molar-refractivity contribution in [3.8, 4) is 0 Å². The molecule has 6 nitrogen and oxygen atoms in total. The van der Waals surface area contributed by atoms with Crippen LogP contribution in [0.3, 0.4) is 0 Å². The van der Waals surface area contributed by atoms with Gasteiger partial charge in [-0.15, -0.1) is 0 Å². The van der Waals surface area contributed by atoms with E-state index in [1.165, 1.54) is 19.1 Å². The van der Waals surface area contributed by atoms with Gasteiger partial charge < -0.3 is 14.8 Å². The Kier molecular flexibility index (Phi) is 5.80. The monoisotopic (exact) mass is 369 g/mol. The van der Waals surface area contributed by atoms with E-state index in [1.807, 2.05) is 6.92 Å². The highest BCUT2D eigenvalue weighted by Crippen LogP contribution is 2.20. The fourth-order valence-electron chi connectivity index (χ4n) is 1.87. The number of furan rings is 1. The summed E-state index contributed by atoms with van der Waals surface area (Å²) in [7, 11) is -1.56. The highest BCUT2D eigenvalue weighted by molar-refractivity contribution is 7.85. The first-order chi connectivity index (χ1) is 11.3. The molecule has 128 valence electrons. The van der Waals surface area contributed by atoms with Gasteiger partial charge >= 0.3 is 5.97 Å². The van der Waals surface area contributed by atoms with Crippen molar-refractivity contribution in [2.24, 2.45) is 0 Å². The van der Waals surface area contributed by atoms with Crippen LogP contribution >= 0.6 is 11.6 Å². The number of anilines is 1. The van der Waals surface area contributed by atoms with Crippen molar-refractivity contribution in [2.45, 2.75) is 24.9 Å². The molecule has 0 aliphatic carbocycles. The Bertz CT molecular complexity index is 802. The molecule has 0 saturated carbocycles. The average molecular weight is 370 g/mol. The predicted molar refractivity (Wildman–Crippen MR) is 91.8 cm³/mol. The maximum absolute atomic E-state index is 12.3. The van der Waals surface area contributed by atoms with Crippen LogP contribution < -0.4 is 5.32 Å². The molecular weight excluding hydrogens is 354 g/mol. The standard InChI is InChI=1S/C16H16ClNO5S/c1-9-3-4-11(7-13(9)17)18-15(19)10(2)24(22)8-12-5-6-14(23-12)16(20)21/h3-7,10H,8H2,1-2H3,(H,18,19)(H,20,21). The van der Waals surface area contributed by atoms with Gasteiger partial charge in [-0.1, -0.05) is 17.7 Å². The molecule has 2 aromatic rings. The second kappa shape index (κ2) is 7.63. The second-order valence-corrected chi connectivity index (χ2v) is 7.36. The van der Waals surface area contributed by atoms with Crippen molar-refractivity contribution in [3.63, 3.8) is 0 Å². The Morgan fingerprint density at radius 3 is 2.62 bits per heavy atom. The first kappa shape index (κ1) is 18.2. The van der Waals surface area contributed by atoms with Gasteiger partial charge in [0, 0.05) is 21.5 Å². The van der Waals surface area contributed by atoms with Crippen LogP contribution in [-0.4, -0.2) is 26.4 Å². The number of rotatable bonds is 6.